The van der Waals surface area contributed by atoms with Crippen molar-refractivity contribution in [2.24, 2.45) is 0 Å². The zero-order chi connectivity index (χ0) is 64.9. The maximum Gasteiger partial charge on any atom is 0.305 e. The van der Waals surface area contributed by atoms with Gasteiger partial charge in [-0.1, -0.05) is 417 Å². The van der Waals surface area contributed by atoms with Crippen molar-refractivity contribution in [1.82, 2.24) is 5.32 Å². The van der Waals surface area contributed by atoms with Gasteiger partial charge in [0.2, 0.25) is 5.91 Å². The van der Waals surface area contributed by atoms with Crippen molar-refractivity contribution in [1.29, 1.82) is 0 Å². The van der Waals surface area contributed by atoms with Crippen LogP contribution in [0.4, 0.5) is 0 Å². The first kappa shape index (κ1) is 88.3. The van der Waals surface area contributed by atoms with Crippen molar-refractivity contribution in [3.8, 4) is 0 Å². The van der Waals surface area contributed by atoms with Gasteiger partial charge in [-0.25, -0.2) is 0 Å². The van der Waals surface area contributed by atoms with Crippen molar-refractivity contribution in [2.75, 3.05) is 13.2 Å². The molecule has 0 aromatic carbocycles. The summed E-state index contributed by atoms with van der Waals surface area (Å²) in [4.78, 5) is 24.6. The summed E-state index contributed by atoms with van der Waals surface area (Å²) in [5.41, 5.74) is 0. The zero-order valence-corrected chi connectivity index (χ0v) is 61.4. The van der Waals surface area contributed by atoms with E-state index in [0.29, 0.717) is 25.9 Å². The SMILES string of the molecule is CCCC/C=C\CCCCCCCC(=O)OCCCCCCCCCCCCCCCCCCCC/C=C\CCCCCCCCCCCCCCCCCCCC(=O)NC(CO)C(O)CCCCCCCCCCCCCCCCCCCCCCCCC. The molecule has 0 radical (unpaired) electrons. The molecular weight excluding hydrogens is 1100 g/mol. The quantitative estimate of drug-likeness (QED) is 0.0320. The Morgan fingerprint density at radius 3 is 0.822 bits per heavy atom. The number of amides is 1. The first-order valence-corrected chi connectivity index (χ1v) is 41.6. The Kier molecular flexibility index (Phi) is 78.3. The number of ether oxygens (including phenoxy) is 1. The molecule has 0 saturated carbocycles. The van der Waals surface area contributed by atoms with Crippen LogP contribution in [-0.2, 0) is 14.3 Å². The highest BCUT2D eigenvalue weighted by atomic mass is 16.5. The van der Waals surface area contributed by atoms with Crippen LogP contribution in [0.5, 0.6) is 0 Å². The summed E-state index contributed by atoms with van der Waals surface area (Å²) in [7, 11) is 0. The van der Waals surface area contributed by atoms with Crippen LogP contribution in [0.2, 0.25) is 0 Å². The van der Waals surface area contributed by atoms with E-state index in [2.05, 4.69) is 43.5 Å². The fraction of sp³-hybridized carbons (Fsp3) is 0.929. The summed E-state index contributed by atoms with van der Waals surface area (Å²) in [5.74, 6) is -0.0125. The van der Waals surface area contributed by atoms with Gasteiger partial charge in [0.05, 0.1) is 25.4 Å². The van der Waals surface area contributed by atoms with Crippen molar-refractivity contribution in [2.45, 2.75) is 488 Å². The van der Waals surface area contributed by atoms with Crippen LogP contribution < -0.4 is 5.32 Å². The number of aliphatic hydroxyl groups excluding tert-OH is 2. The molecule has 0 spiro atoms. The number of hydrogen-bond acceptors (Lipinski definition) is 5. The molecule has 3 N–H and O–H groups in total. The van der Waals surface area contributed by atoms with E-state index in [1.807, 2.05) is 0 Å². The monoisotopic (exact) mass is 1270 g/mol. The van der Waals surface area contributed by atoms with E-state index in [4.69, 9.17) is 4.74 Å². The molecule has 534 valence electrons. The molecule has 2 atom stereocenters. The van der Waals surface area contributed by atoms with Gasteiger partial charge in [0, 0.05) is 12.8 Å². The predicted molar refractivity (Wildman–Crippen MR) is 398 cm³/mol. The van der Waals surface area contributed by atoms with E-state index >= 15 is 0 Å². The zero-order valence-electron chi connectivity index (χ0n) is 61.4. The minimum atomic E-state index is -0.662. The van der Waals surface area contributed by atoms with E-state index < -0.39 is 12.1 Å². The summed E-state index contributed by atoms with van der Waals surface area (Å²) in [6.45, 7) is 4.97. The Labute approximate surface area is 564 Å². The molecule has 0 fully saturated rings. The Balaban J connectivity index is 3.33. The molecule has 0 bridgehead atoms. The van der Waals surface area contributed by atoms with E-state index in [1.54, 1.807) is 0 Å². The molecule has 0 aromatic rings. The second kappa shape index (κ2) is 79.8. The molecule has 0 saturated heterocycles. The van der Waals surface area contributed by atoms with Crippen LogP contribution in [0.3, 0.4) is 0 Å². The summed E-state index contributed by atoms with van der Waals surface area (Å²) in [6, 6.07) is -0.539. The molecule has 0 rings (SSSR count). The van der Waals surface area contributed by atoms with Gasteiger partial charge in [0.1, 0.15) is 0 Å². The highest BCUT2D eigenvalue weighted by Gasteiger charge is 2.20. The number of aliphatic hydroxyl groups is 2. The van der Waals surface area contributed by atoms with Gasteiger partial charge in [-0.05, 0) is 70.6 Å². The topological polar surface area (TPSA) is 95.9 Å². The van der Waals surface area contributed by atoms with Gasteiger partial charge in [-0.2, -0.15) is 0 Å². The maximum absolute atomic E-state index is 12.6. The van der Waals surface area contributed by atoms with E-state index in [1.165, 1.54) is 398 Å². The minimum absolute atomic E-state index is 0.0121. The smallest absolute Gasteiger partial charge is 0.305 e. The average molecular weight is 1270 g/mol. The van der Waals surface area contributed by atoms with E-state index in [-0.39, 0.29) is 18.5 Å². The van der Waals surface area contributed by atoms with E-state index in [0.717, 1.165) is 44.9 Å². The second-order valence-corrected chi connectivity index (χ2v) is 28.8. The van der Waals surface area contributed by atoms with Crippen LogP contribution >= 0.6 is 0 Å². The number of esters is 1. The van der Waals surface area contributed by atoms with Crippen LogP contribution in [-0.4, -0.2) is 47.4 Å². The van der Waals surface area contributed by atoms with Crippen molar-refractivity contribution in [3.63, 3.8) is 0 Å². The first-order chi connectivity index (χ1) is 44.5. The third-order valence-electron chi connectivity index (χ3n) is 19.7. The molecule has 0 aliphatic heterocycles. The van der Waals surface area contributed by atoms with Crippen LogP contribution in [0.25, 0.3) is 0 Å². The lowest BCUT2D eigenvalue weighted by Gasteiger charge is -2.22. The fourth-order valence-electron chi connectivity index (χ4n) is 13.4. The Morgan fingerprint density at radius 2 is 0.533 bits per heavy atom. The standard InChI is InChI=1S/C84H163NO5/c1-3-5-7-9-11-13-15-16-17-18-19-20-38-41-44-47-50-53-57-60-64-68-72-76-82(87)81(80-86)85-83(88)77-73-69-65-61-58-54-51-48-45-42-39-36-34-32-30-28-26-24-22-21-23-25-27-29-31-33-35-37-40-43-46-49-52-55-59-63-67-71-75-79-90-84(89)78-74-70-66-62-56-14-12-10-8-6-4-2/h10,12,21-22,81-82,86-87H,3-9,11,13-20,23-80H2,1-2H3,(H,85,88)/b12-10-,22-21-. The third kappa shape index (κ3) is 75.4. The molecule has 2 unspecified atom stereocenters. The number of allylic oxidation sites excluding steroid dienone is 4. The van der Waals surface area contributed by atoms with Gasteiger partial charge in [-0.3, -0.25) is 9.59 Å². The van der Waals surface area contributed by atoms with Crippen molar-refractivity contribution < 1.29 is 24.5 Å². The highest BCUT2D eigenvalue weighted by Crippen LogP contribution is 2.20. The molecule has 0 aromatic heterocycles. The first-order valence-electron chi connectivity index (χ1n) is 41.6. The Bertz CT molecular complexity index is 1410. The van der Waals surface area contributed by atoms with Crippen LogP contribution in [0.1, 0.15) is 476 Å². The van der Waals surface area contributed by atoms with Crippen LogP contribution in [0, 0.1) is 0 Å². The number of nitrogens with one attached hydrogen (secondary N) is 1. The Morgan fingerprint density at radius 1 is 0.300 bits per heavy atom. The molecule has 6 heteroatoms. The molecule has 90 heavy (non-hydrogen) atoms. The summed E-state index contributed by atoms with van der Waals surface area (Å²) >= 11 is 0. The van der Waals surface area contributed by atoms with Gasteiger partial charge in [-0.15, -0.1) is 0 Å². The van der Waals surface area contributed by atoms with Gasteiger partial charge in [0.15, 0.2) is 0 Å². The maximum atomic E-state index is 12.6. The molecule has 6 nitrogen and oxygen atoms in total. The van der Waals surface area contributed by atoms with Gasteiger partial charge in [0.25, 0.3) is 0 Å². The van der Waals surface area contributed by atoms with Gasteiger partial charge < -0.3 is 20.3 Å². The molecular formula is C84H163NO5. The van der Waals surface area contributed by atoms with Crippen molar-refractivity contribution >= 4 is 11.9 Å². The molecule has 1 amide bonds. The number of carbonyl (C=O) groups excluding carboxylic acids is 2. The van der Waals surface area contributed by atoms with Crippen LogP contribution in [0.15, 0.2) is 24.3 Å². The minimum Gasteiger partial charge on any atom is -0.466 e. The third-order valence-corrected chi connectivity index (χ3v) is 19.7. The summed E-state index contributed by atoms with van der Waals surface area (Å²) < 4.78 is 5.48. The van der Waals surface area contributed by atoms with Crippen molar-refractivity contribution in [3.05, 3.63) is 24.3 Å². The van der Waals surface area contributed by atoms with Gasteiger partial charge >= 0.3 is 5.97 Å². The number of carbonyl (C=O) groups is 2. The summed E-state index contributed by atoms with van der Waals surface area (Å²) in [5, 5.41) is 23.5. The number of unbranched alkanes of at least 4 members (excludes halogenated alkanes) is 64. The largest absolute Gasteiger partial charge is 0.466 e. The fourth-order valence-corrected chi connectivity index (χ4v) is 13.4. The second-order valence-electron chi connectivity index (χ2n) is 28.8. The highest BCUT2D eigenvalue weighted by molar-refractivity contribution is 5.76. The summed E-state index contributed by atoms with van der Waals surface area (Å²) in [6.07, 6.45) is 103. The lowest BCUT2D eigenvalue weighted by atomic mass is 10.0. The lowest BCUT2D eigenvalue weighted by Crippen LogP contribution is -2.45. The Hall–Kier alpha value is -1.66. The predicted octanol–water partition coefficient (Wildman–Crippen LogP) is 27.6. The normalized spacial score (nSPS) is 12.5. The molecule has 0 aliphatic carbocycles. The molecule has 0 heterocycles. The molecule has 0 aliphatic rings. The number of rotatable bonds is 79. The van der Waals surface area contributed by atoms with E-state index in [9.17, 15) is 19.8 Å². The number of hydrogen-bond donors (Lipinski definition) is 3. The lowest BCUT2D eigenvalue weighted by molar-refractivity contribution is -0.143. The average Bonchev–Trinajstić information content (AvgIpc) is 3.70.